The molecule has 0 radical (unpaired) electrons. The van der Waals surface area contributed by atoms with Crippen LogP contribution in [0.3, 0.4) is 0 Å². The average Bonchev–Trinajstić information content (AvgIpc) is 3.14. The first kappa shape index (κ1) is 21.8. The number of anilines is 1. The normalized spacial score (nSPS) is 23.6. The number of amidine groups is 1. The van der Waals surface area contributed by atoms with E-state index in [-0.39, 0.29) is 29.4 Å². The molecule has 4 rings (SSSR count). The topological polar surface area (TPSA) is 76.0 Å². The Labute approximate surface area is 193 Å². The molecule has 158 valence electrons. The molecule has 11 heteroatoms. The van der Waals surface area contributed by atoms with Crippen molar-refractivity contribution in [2.75, 3.05) is 23.0 Å². The average molecular weight is 506 g/mol. The summed E-state index contributed by atoms with van der Waals surface area (Å²) < 4.78 is 29.7. The lowest BCUT2D eigenvalue weighted by molar-refractivity contribution is -0.119. The van der Waals surface area contributed by atoms with Gasteiger partial charge in [-0.1, -0.05) is 46.6 Å². The standard InChI is InChI=1S/C19H15Cl3N2O4S2/c20-11-1-4-13(5-2-11)28-8-18(25)23-19-24(12-3-6-14(21)15(22)7-12)16-9-30(26,27)10-17(16)29-19/h1-7,16-17H,8-10H2/t16-,17+/m0/s1. The van der Waals surface area contributed by atoms with Gasteiger partial charge in [0, 0.05) is 16.0 Å². The van der Waals surface area contributed by atoms with Crippen LogP contribution in [0.1, 0.15) is 0 Å². The largest absolute Gasteiger partial charge is 0.484 e. The van der Waals surface area contributed by atoms with E-state index in [1.54, 1.807) is 47.4 Å². The van der Waals surface area contributed by atoms with Crippen molar-refractivity contribution < 1.29 is 17.9 Å². The summed E-state index contributed by atoms with van der Waals surface area (Å²) in [7, 11) is -3.16. The molecular weight excluding hydrogens is 491 g/mol. The monoisotopic (exact) mass is 504 g/mol. The smallest absolute Gasteiger partial charge is 0.285 e. The number of thioether (sulfide) groups is 1. The van der Waals surface area contributed by atoms with Crippen molar-refractivity contribution in [3.63, 3.8) is 0 Å². The van der Waals surface area contributed by atoms with E-state index >= 15 is 0 Å². The predicted molar refractivity (Wildman–Crippen MR) is 122 cm³/mol. The lowest BCUT2D eigenvalue weighted by Gasteiger charge is -2.24. The van der Waals surface area contributed by atoms with E-state index in [0.29, 0.717) is 31.7 Å². The van der Waals surface area contributed by atoms with Gasteiger partial charge in [0.2, 0.25) is 0 Å². The van der Waals surface area contributed by atoms with Crippen molar-refractivity contribution in [3.05, 3.63) is 57.5 Å². The molecule has 6 nitrogen and oxygen atoms in total. The van der Waals surface area contributed by atoms with Crippen LogP contribution in [0.2, 0.25) is 15.1 Å². The van der Waals surface area contributed by atoms with E-state index in [1.807, 2.05) is 0 Å². The number of nitrogens with zero attached hydrogens (tertiary/aromatic N) is 2. The molecule has 2 saturated heterocycles. The molecule has 2 aliphatic heterocycles. The van der Waals surface area contributed by atoms with E-state index in [9.17, 15) is 13.2 Å². The van der Waals surface area contributed by atoms with Crippen LogP contribution in [0.15, 0.2) is 47.5 Å². The molecule has 0 aromatic heterocycles. The number of aliphatic imine (C=N–C) groups is 1. The zero-order valence-corrected chi connectivity index (χ0v) is 19.2. The summed E-state index contributed by atoms with van der Waals surface area (Å²) in [5, 5.41) is 1.49. The second-order valence-corrected chi connectivity index (χ2v) is 11.4. The number of fused-ring (bicyclic) bond motifs is 1. The third-order valence-electron chi connectivity index (χ3n) is 4.64. The molecular formula is C19H15Cl3N2O4S2. The molecule has 2 aromatic rings. The van der Waals surface area contributed by atoms with Gasteiger partial charge < -0.3 is 9.64 Å². The second kappa shape index (κ2) is 8.59. The summed E-state index contributed by atoms with van der Waals surface area (Å²) in [5.41, 5.74) is 0.631. The molecule has 0 saturated carbocycles. The van der Waals surface area contributed by atoms with Crippen molar-refractivity contribution >= 4 is 73.2 Å². The lowest BCUT2D eigenvalue weighted by Crippen LogP contribution is -2.37. The minimum Gasteiger partial charge on any atom is -0.484 e. The van der Waals surface area contributed by atoms with Gasteiger partial charge in [0.15, 0.2) is 21.6 Å². The van der Waals surface area contributed by atoms with E-state index in [4.69, 9.17) is 39.5 Å². The molecule has 30 heavy (non-hydrogen) atoms. The summed E-state index contributed by atoms with van der Waals surface area (Å²) in [6.45, 7) is -0.255. The maximum absolute atomic E-state index is 12.4. The molecule has 0 aliphatic carbocycles. The third kappa shape index (κ3) is 4.73. The Balaban J connectivity index is 1.57. The molecule has 2 aromatic carbocycles. The van der Waals surface area contributed by atoms with Crippen LogP contribution < -0.4 is 9.64 Å². The van der Waals surface area contributed by atoms with E-state index in [2.05, 4.69) is 4.99 Å². The second-order valence-electron chi connectivity index (χ2n) is 6.80. The highest BCUT2D eigenvalue weighted by molar-refractivity contribution is 8.16. The zero-order chi connectivity index (χ0) is 21.5. The zero-order valence-electron chi connectivity index (χ0n) is 15.3. The fraction of sp³-hybridized carbons (Fsp3) is 0.263. The highest BCUT2D eigenvalue weighted by Gasteiger charge is 2.49. The van der Waals surface area contributed by atoms with Crippen molar-refractivity contribution in [1.29, 1.82) is 0 Å². The molecule has 0 spiro atoms. The number of amides is 1. The number of sulfone groups is 1. The third-order valence-corrected chi connectivity index (χ3v) is 8.84. The van der Waals surface area contributed by atoms with E-state index in [0.717, 1.165) is 0 Å². The first-order valence-electron chi connectivity index (χ1n) is 8.83. The molecule has 0 unspecified atom stereocenters. The molecule has 2 fully saturated rings. The van der Waals surface area contributed by atoms with Crippen LogP contribution >= 0.6 is 46.6 Å². The number of rotatable bonds is 4. The SMILES string of the molecule is O=C(COc1ccc(Cl)cc1)N=C1S[C@@H]2CS(=O)(=O)C[C@@H]2N1c1ccc(Cl)c(Cl)c1. The molecule has 0 bridgehead atoms. The van der Waals surface area contributed by atoms with E-state index < -0.39 is 15.7 Å². The minimum atomic E-state index is -3.16. The Kier molecular flexibility index (Phi) is 6.23. The Morgan fingerprint density at radius 1 is 1.10 bits per heavy atom. The fourth-order valence-electron chi connectivity index (χ4n) is 3.32. The molecule has 1 amide bonds. The Bertz CT molecular complexity index is 1120. The van der Waals surface area contributed by atoms with Gasteiger partial charge in [0.1, 0.15) is 5.75 Å². The minimum absolute atomic E-state index is 0.0145. The van der Waals surface area contributed by atoms with Crippen LogP contribution in [0, 0.1) is 0 Å². The highest BCUT2D eigenvalue weighted by Crippen LogP contribution is 2.42. The van der Waals surface area contributed by atoms with Crippen molar-refractivity contribution in [1.82, 2.24) is 0 Å². The number of carbonyl (C=O) groups excluding carboxylic acids is 1. The molecule has 2 heterocycles. The van der Waals surface area contributed by atoms with Gasteiger partial charge in [-0.05, 0) is 42.5 Å². The summed E-state index contributed by atoms with van der Waals surface area (Å²) >= 11 is 19.3. The van der Waals surface area contributed by atoms with Gasteiger partial charge in [0.25, 0.3) is 5.91 Å². The van der Waals surface area contributed by atoms with Gasteiger partial charge in [-0.3, -0.25) is 4.79 Å². The van der Waals surface area contributed by atoms with Crippen LogP contribution in [0.25, 0.3) is 0 Å². The fourth-order valence-corrected chi connectivity index (χ4v) is 7.67. The van der Waals surface area contributed by atoms with Crippen LogP contribution in [-0.2, 0) is 14.6 Å². The first-order valence-corrected chi connectivity index (χ1v) is 12.7. The number of benzene rings is 2. The van der Waals surface area contributed by atoms with Gasteiger partial charge in [-0.15, -0.1) is 0 Å². The molecule has 2 aliphatic rings. The predicted octanol–water partition coefficient (Wildman–Crippen LogP) is 4.33. The number of carbonyl (C=O) groups is 1. The van der Waals surface area contributed by atoms with E-state index in [1.165, 1.54) is 11.8 Å². The quantitative estimate of drug-likeness (QED) is 0.616. The van der Waals surface area contributed by atoms with Crippen LogP contribution in [0.5, 0.6) is 5.75 Å². The van der Waals surface area contributed by atoms with Gasteiger partial charge in [-0.25, -0.2) is 8.42 Å². The van der Waals surface area contributed by atoms with Crippen molar-refractivity contribution in [2.45, 2.75) is 11.3 Å². The number of halogens is 3. The highest BCUT2D eigenvalue weighted by atomic mass is 35.5. The summed E-state index contributed by atoms with van der Waals surface area (Å²) in [5.74, 6) is 0.0327. The number of hydrogen-bond donors (Lipinski definition) is 0. The van der Waals surface area contributed by atoms with Gasteiger partial charge in [-0.2, -0.15) is 4.99 Å². The number of ether oxygens (including phenoxy) is 1. The lowest BCUT2D eigenvalue weighted by atomic mass is 10.2. The van der Waals surface area contributed by atoms with Crippen LogP contribution in [-0.4, -0.2) is 48.9 Å². The Morgan fingerprint density at radius 3 is 2.53 bits per heavy atom. The van der Waals surface area contributed by atoms with Gasteiger partial charge >= 0.3 is 0 Å². The summed E-state index contributed by atoms with van der Waals surface area (Å²) in [6.07, 6.45) is 0. The van der Waals surface area contributed by atoms with Crippen molar-refractivity contribution in [3.8, 4) is 5.75 Å². The maximum Gasteiger partial charge on any atom is 0.285 e. The summed E-state index contributed by atoms with van der Waals surface area (Å²) in [4.78, 5) is 18.4. The Hall–Kier alpha value is -1.45. The molecule has 0 N–H and O–H groups in total. The van der Waals surface area contributed by atoms with Crippen LogP contribution in [0.4, 0.5) is 5.69 Å². The maximum atomic E-state index is 12.4. The number of hydrogen-bond acceptors (Lipinski definition) is 5. The molecule has 2 atom stereocenters. The van der Waals surface area contributed by atoms with Gasteiger partial charge in [0.05, 0.1) is 27.6 Å². The first-order chi connectivity index (χ1) is 14.2. The summed E-state index contributed by atoms with van der Waals surface area (Å²) in [6, 6.07) is 11.3. The van der Waals surface area contributed by atoms with Crippen molar-refractivity contribution in [2.24, 2.45) is 4.99 Å². The Morgan fingerprint density at radius 2 is 1.83 bits per heavy atom.